The van der Waals surface area contributed by atoms with E-state index in [9.17, 15) is 18.5 Å². The fourth-order valence-electron chi connectivity index (χ4n) is 2.70. The second-order valence-electron chi connectivity index (χ2n) is 5.44. The minimum absolute atomic E-state index is 0.0402. The van der Waals surface area contributed by atoms with E-state index in [0.29, 0.717) is 18.8 Å². The van der Waals surface area contributed by atoms with E-state index in [2.05, 4.69) is 4.72 Å². The van der Waals surface area contributed by atoms with Crippen LogP contribution in [0.3, 0.4) is 0 Å². The zero-order valence-electron chi connectivity index (χ0n) is 13.3. The number of nitrogens with zero attached hydrogens (tertiary/aromatic N) is 1. The predicted octanol–water partition coefficient (Wildman–Crippen LogP) is 2.41. The Morgan fingerprint density at radius 1 is 1.28 bits per heavy atom. The lowest BCUT2D eigenvalue weighted by Gasteiger charge is -2.26. The van der Waals surface area contributed by atoms with E-state index in [0.717, 1.165) is 11.6 Å². The van der Waals surface area contributed by atoms with Crippen molar-refractivity contribution >= 4 is 15.7 Å². The number of nitro benzene ring substituents is 1. The highest BCUT2D eigenvalue weighted by Crippen LogP contribution is 2.34. The first kappa shape index (κ1) is 17.2. The Morgan fingerprint density at radius 2 is 2.04 bits per heavy atom. The molecule has 0 fully saturated rings. The van der Waals surface area contributed by atoms with Crippen molar-refractivity contribution in [1.82, 2.24) is 4.72 Å². The third-order valence-electron chi connectivity index (χ3n) is 3.90. The zero-order chi connectivity index (χ0) is 18.0. The van der Waals surface area contributed by atoms with Gasteiger partial charge in [-0.1, -0.05) is 18.2 Å². The molecule has 25 heavy (non-hydrogen) atoms. The number of non-ortho nitro benzene ring substituents is 1. The molecule has 0 aromatic heterocycles. The van der Waals surface area contributed by atoms with Crippen molar-refractivity contribution in [2.45, 2.75) is 17.4 Å². The van der Waals surface area contributed by atoms with E-state index in [-0.39, 0.29) is 16.3 Å². The summed E-state index contributed by atoms with van der Waals surface area (Å²) in [5.41, 5.74) is 0.398. The summed E-state index contributed by atoms with van der Waals surface area (Å²) in [7, 11) is -2.73. The first-order valence-electron chi connectivity index (χ1n) is 7.49. The van der Waals surface area contributed by atoms with Crippen molar-refractivity contribution in [2.75, 3.05) is 13.7 Å². The van der Waals surface area contributed by atoms with Gasteiger partial charge in [0.05, 0.1) is 24.7 Å². The van der Waals surface area contributed by atoms with Gasteiger partial charge < -0.3 is 9.47 Å². The zero-order valence-corrected chi connectivity index (χ0v) is 14.2. The number of sulfonamides is 1. The van der Waals surface area contributed by atoms with E-state index in [1.165, 1.54) is 19.2 Å². The first-order chi connectivity index (χ1) is 11.9. The van der Waals surface area contributed by atoms with Crippen LogP contribution >= 0.6 is 0 Å². The van der Waals surface area contributed by atoms with Crippen LogP contribution in [0.15, 0.2) is 47.4 Å². The van der Waals surface area contributed by atoms with Crippen molar-refractivity contribution in [2.24, 2.45) is 0 Å². The summed E-state index contributed by atoms with van der Waals surface area (Å²) in [6.07, 6.45) is 0.452. The van der Waals surface area contributed by atoms with Crippen LogP contribution in [0.2, 0.25) is 0 Å². The average molecular weight is 364 g/mol. The highest BCUT2D eigenvalue weighted by Gasteiger charge is 2.29. The normalized spacial score (nSPS) is 16.6. The summed E-state index contributed by atoms with van der Waals surface area (Å²) < 4.78 is 38.8. The number of benzene rings is 2. The summed E-state index contributed by atoms with van der Waals surface area (Å²) in [5, 5.41) is 11.0. The van der Waals surface area contributed by atoms with Crippen LogP contribution in [0, 0.1) is 10.1 Å². The fraction of sp³-hybridized carbons (Fsp3) is 0.250. The standard InChI is InChI=1S/C16H16N2O6S/c1-23-15-7-6-11(18(19)20)10-16(15)25(21,22)17-13-8-9-24-14-5-3-2-4-12(13)14/h2-7,10,13,17H,8-9H2,1H3/t13-/m0/s1. The van der Waals surface area contributed by atoms with Gasteiger partial charge in [0.1, 0.15) is 16.4 Å². The third kappa shape index (κ3) is 3.42. The van der Waals surface area contributed by atoms with Crippen molar-refractivity contribution in [3.8, 4) is 11.5 Å². The molecule has 9 heteroatoms. The molecule has 0 amide bonds. The molecule has 2 aromatic rings. The van der Waals surface area contributed by atoms with Gasteiger partial charge in [0.25, 0.3) is 5.69 Å². The summed E-state index contributed by atoms with van der Waals surface area (Å²) in [6, 6.07) is 10.1. The van der Waals surface area contributed by atoms with Gasteiger partial charge >= 0.3 is 0 Å². The van der Waals surface area contributed by atoms with Gasteiger partial charge in [-0.2, -0.15) is 0 Å². The quantitative estimate of drug-likeness (QED) is 0.645. The molecule has 0 saturated carbocycles. The van der Waals surface area contributed by atoms with Gasteiger partial charge in [-0.05, 0) is 12.1 Å². The van der Waals surface area contributed by atoms with Gasteiger partial charge in [-0.15, -0.1) is 0 Å². The number of rotatable bonds is 5. The number of methoxy groups -OCH3 is 1. The second-order valence-corrected chi connectivity index (χ2v) is 7.12. The lowest BCUT2D eigenvalue weighted by Crippen LogP contribution is -2.32. The monoisotopic (exact) mass is 364 g/mol. The maximum absolute atomic E-state index is 12.8. The Labute approximate surface area is 144 Å². The minimum atomic E-state index is -4.04. The van der Waals surface area contributed by atoms with Crippen molar-refractivity contribution < 1.29 is 22.8 Å². The maximum Gasteiger partial charge on any atom is 0.271 e. The largest absolute Gasteiger partial charge is 0.495 e. The number of nitro groups is 1. The molecule has 132 valence electrons. The molecule has 0 spiro atoms. The number of nitrogens with one attached hydrogen (secondary N) is 1. The predicted molar refractivity (Wildman–Crippen MR) is 89.3 cm³/mol. The van der Waals surface area contributed by atoms with Gasteiger partial charge in [0.2, 0.25) is 10.0 Å². The molecule has 0 bridgehead atoms. The summed E-state index contributed by atoms with van der Waals surface area (Å²) >= 11 is 0. The van der Waals surface area contributed by atoms with Crippen molar-refractivity contribution in [1.29, 1.82) is 0 Å². The van der Waals surface area contributed by atoms with E-state index >= 15 is 0 Å². The van der Waals surface area contributed by atoms with Crippen LogP contribution in [-0.4, -0.2) is 27.1 Å². The molecule has 8 nitrogen and oxygen atoms in total. The Hall–Kier alpha value is -2.65. The smallest absolute Gasteiger partial charge is 0.271 e. The SMILES string of the molecule is COc1ccc([N+](=O)[O-])cc1S(=O)(=O)N[C@H]1CCOc2ccccc21. The summed E-state index contributed by atoms with van der Waals surface area (Å²) in [5.74, 6) is 0.658. The number of ether oxygens (including phenoxy) is 2. The van der Waals surface area contributed by atoms with Gasteiger partial charge in [-0.3, -0.25) is 10.1 Å². The molecule has 1 aliphatic rings. The molecule has 0 aliphatic carbocycles. The molecule has 0 radical (unpaired) electrons. The van der Waals surface area contributed by atoms with Crippen LogP contribution in [0.25, 0.3) is 0 Å². The van der Waals surface area contributed by atoms with Crippen LogP contribution in [0.4, 0.5) is 5.69 Å². The maximum atomic E-state index is 12.8. The Balaban J connectivity index is 1.98. The highest BCUT2D eigenvalue weighted by molar-refractivity contribution is 7.89. The lowest BCUT2D eigenvalue weighted by atomic mass is 10.0. The number of hydrogen-bond acceptors (Lipinski definition) is 6. The molecular formula is C16H16N2O6S. The average Bonchev–Trinajstić information content (AvgIpc) is 2.61. The third-order valence-corrected chi connectivity index (χ3v) is 5.40. The molecule has 0 unspecified atom stereocenters. The van der Waals surface area contributed by atoms with E-state index < -0.39 is 21.0 Å². The molecule has 1 atom stereocenters. The van der Waals surface area contributed by atoms with Crippen LogP contribution in [0.1, 0.15) is 18.0 Å². The number of para-hydroxylation sites is 1. The topological polar surface area (TPSA) is 108 Å². The Kier molecular flexibility index (Phi) is 4.60. The fourth-order valence-corrected chi connectivity index (χ4v) is 4.14. The Morgan fingerprint density at radius 3 is 2.76 bits per heavy atom. The summed E-state index contributed by atoms with van der Waals surface area (Å²) in [4.78, 5) is 10.0. The van der Waals surface area contributed by atoms with Crippen molar-refractivity contribution in [3.63, 3.8) is 0 Å². The summed E-state index contributed by atoms with van der Waals surface area (Å²) in [6.45, 7) is 0.371. The molecular weight excluding hydrogens is 348 g/mol. The second kappa shape index (κ2) is 6.69. The van der Waals surface area contributed by atoms with E-state index in [4.69, 9.17) is 9.47 Å². The van der Waals surface area contributed by atoms with E-state index in [1.54, 1.807) is 24.3 Å². The molecule has 1 heterocycles. The number of hydrogen-bond donors (Lipinski definition) is 1. The Bertz CT molecular complexity index is 913. The van der Waals surface area contributed by atoms with Gasteiger partial charge in [0.15, 0.2) is 0 Å². The first-order valence-corrected chi connectivity index (χ1v) is 8.97. The highest BCUT2D eigenvalue weighted by atomic mass is 32.2. The molecule has 3 rings (SSSR count). The van der Waals surface area contributed by atoms with Crippen molar-refractivity contribution in [3.05, 3.63) is 58.1 Å². The van der Waals surface area contributed by atoms with Crippen LogP contribution in [0.5, 0.6) is 11.5 Å². The molecule has 2 aromatic carbocycles. The van der Waals surface area contributed by atoms with E-state index in [1.807, 2.05) is 0 Å². The lowest BCUT2D eigenvalue weighted by molar-refractivity contribution is -0.385. The van der Waals surface area contributed by atoms with Crippen LogP contribution in [-0.2, 0) is 10.0 Å². The van der Waals surface area contributed by atoms with Gasteiger partial charge in [-0.25, -0.2) is 13.1 Å². The molecule has 0 saturated heterocycles. The molecule has 1 aliphatic heterocycles. The molecule has 1 N–H and O–H groups in total. The van der Waals surface area contributed by atoms with Gasteiger partial charge in [0, 0.05) is 24.1 Å². The van der Waals surface area contributed by atoms with Crippen LogP contribution < -0.4 is 14.2 Å². The number of fused-ring (bicyclic) bond motifs is 1. The minimum Gasteiger partial charge on any atom is -0.495 e.